The minimum Gasteiger partial charge on any atom is -0.378 e. The van der Waals surface area contributed by atoms with Gasteiger partial charge in [0.15, 0.2) is 11.5 Å². The molecule has 0 spiro atoms. The first kappa shape index (κ1) is 28.6. The number of rotatable bonds is 6. The molecule has 2 saturated heterocycles. The first-order valence-electron chi connectivity index (χ1n) is 14.9. The lowest BCUT2D eigenvalue weighted by atomic mass is 9.86. The second-order valence-electron chi connectivity index (χ2n) is 12.1. The fourth-order valence-electron chi connectivity index (χ4n) is 5.48. The van der Waals surface area contributed by atoms with E-state index in [0.717, 1.165) is 25.1 Å². The van der Waals surface area contributed by atoms with Gasteiger partial charge in [-0.1, -0.05) is 32.9 Å². The van der Waals surface area contributed by atoms with Crippen molar-refractivity contribution < 1.29 is 14.3 Å². The number of nitrogens with one attached hydrogen (secondary N) is 2. The number of amides is 2. The molecule has 1 atom stereocenters. The van der Waals surface area contributed by atoms with Crippen LogP contribution in [0.5, 0.6) is 0 Å². The number of piperidine rings is 1. The van der Waals surface area contributed by atoms with Gasteiger partial charge < -0.3 is 25.2 Å². The van der Waals surface area contributed by atoms with E-state index in [2.05, 4.69) is 41.3 Å². The molecule has 2 aliphatic heterocycles. The number of fused-ring (bicyclic) bond motifs is 1. The van der Waals surface area contributed by atoms with Gasteiger partial charge in [0.25, 0.3) is 11.8 Å². The van der Waals surface area contributed by atoms with Crippen molar-refractivity contribution in [1.82, 2.24) is 29.8 Å². The van der Waals surface area contributed by atoms with E-state index in [1.807, 2.05) is 53.4 Å². The number of hydrogen-bond donors (Lipinski definition) is 2. The largest absolute Gasteiger partial charge is 0.378 e. The van der Waals surface area contributed by atoms with Crippen molar-refractivity contribution in [3.05, 3.63) is 77.6 Å². The lowest BCUT2D eigenvalue weighted by molar-refractivity contribution is 0.0303. The van der Waals surface area contributed by atoms with Gasteiger partial charge in [-0.2, -0.15) is 4.98 Å². The van der Waals surface area contributed by atoms with Crippen LogP contribution in [-0.4, -0.2) is 81.7 Å². The maximum atomic E-state index is 13.1. The van der Waals surface area contributed by atoms with E-state index < -0.39 is 0 Å². The van der Waals surface area contributed by atoms with Gasteiger partial charge in [-0.3, -0.25) is 9.59 Å². The molecule has 4 aromatic rings. The van der Waals surface area contributed by atoms with Crippen molar-refractivity contribution in [2.24, 2.45) is 0 Å². The smallest absolute Gasteiger partial charge is 0.254 e. The number of nitrogens with zero attached hydrogens (tertiary/aromatic N) is 6. The van der Waals surface area contributed by atoms with Crippen molar-refractivity contribution in [2.75, 3.05) is 49.6 Å². The van der Waals surface area contributed by atoms with E-state index in [1.165, 1.54) is 5.56 Å². The lowest BCUT2D eigenvalue weighted by Gasteiger charge is -2.33. The summed E-state index contributed by atoms with van der Waals surface area (Å²) in [6.07, 6.45) is 5.27. The minimum absolute atomic E-state index is 0.00323. The number of benzene rings is 2. The summed E-state index contributed by atoms with van der Waals surface area (Å²) in [4.78, 5) is 39.1. The van der Waals surface area contributed by atoms with Crippen LogP contribution >= 0.6 is 0 Å². The molecule has 11 heteroatoms. The molecule has 2 aromatic heterocycles. The standard InChI is InChI=1S/C32H38N8O3/c1-32(2,3)24-10-6-22(7-11-24)29(41)35-26-5-4-15-39(21-26)31-36-27(28-33-14-16-40(28)37-31)34-25-12-8-23(9-13-25)30(42)38-17-19-43-20-18-38/h6-14,16,26H,4-5,15,17-21H2,1-3H3,(H,35,41)(H,34,36,37). The predicted molar refractivity (Wildman–Crippen MR) is 165 cm³/mol. The molecule has 4 heterocycles. The number of carbonyl (C=O) groups excluding carboxylic acids is 2. The Labute approximate surface area is 251 Å². The lowest BCUT2D eigenvalue weighted by Crippen LogP contribution is -2.48. The third-order valence-corrected chi connectivity index (χ3v) is 7.99. The molecule has 2 amide bonds. The predicted octanol–water partition coefficient (Wildman–Crippen LogP) is 4.04. The third-order valence-electron chi connectivity index (χ3n) is 7.99. The maximum Gasteiger partial charge on any atom is 0.254 e. The van der Waals surface area contributed by atoms with Crippen molar-refractivity contribution >= 4 is 34.9 Å². The number of carbonyl (C=O) groups is 2. The van der Waals surface area contributed by atoms with Crippen LogP contribution < -0.4 is 15.5 Å². The Balaban J connectivity index is 1.15. The summed E-state index contributed by atoms with van der Waals surface area (Å²) in [5, 5.41) is 11.3. The number of hydrogen-bond acceptors (Lipinski definition) is 8. The Kier molecular flexibility index (Phi) is 7.98. The van der Waals surface area contributed by atoms with Crippen LogP contribution in [0.4, 0.5) is 17.5 Å². The zero-order valence-corrected chi connectivity index (χ0v) is 24.9. The van der Waals surface area contributed by atoms with Crippen molar-refractivity contribution in [1.29, 1.82) is 0 Å². The average molecular weight is 583 g/mol. The van der Waals surface area contributed by atoms with Crippen LogP contribution in [0.3, 0.4) is 0 Å². The highest BCUT2D eigenvalue weighted by Gasteiger charge is 2.25. The number of anilines is 3. The highest BCUT2D eigenvalue weighted by molar-refractivity contribution is 5.95. The molecular formula is C32H38N8O3. The molecule has 2 fully saturated rings. The zero-order valence-electron chi connectivity index (χ0n) is 24.9. The summed E-state index contributed by atoms with van der Waals surface area (Å²) in [5.41, 5.74) is 3.90. The van der Waals surface area contributed by atoms with Gasteiger partial charge in [-0.25, -0.2) is 9.50 Å². The Morgan fingerprint density at radius 2 is 1.67 bits per heavy atom. The summed E-state index contributed by atoms with van der Waals surface area (Å²) >= 11 is 0. The summed E-state index contributed by atoms with van der Waals surface area (Å²) < 4.78 is 7.07. The van der Waals surface area contributed by atoms with Crippen molar-refractivity contribution in [3.63, 3.8) is 0 Å². The summed E-state index contributed by atoms with van der Waals surface area (Å²) in [6, 6.07) is 15.2. The molecule has 2 N–H and O–H groups in total. The Bertz CT molecular complexity index is 1590. The van der Waals surface area contributed by atoms with Crippen LogP contribution in [-0.2, 0) is 10.2 Å². The first-order valence-corrected chi connectivity index (χ1v) is 14.9. The average Bonchev–Trinajstić information content (AvgIpc) is 3.51. The number of imidazole rings is 1. The number of morpholine rings is 1. The molecule has 224 valence electrons. The van der Waals surface area contributed by atoms with Crippen LogP contribution in [0.15, 0.2) is 60.9 Å². The van der Waals surface area contributed by atoms with Gasteiger partial charge in [-0.05, 0) is 60.2 Å². The molecule has 11 nitrogen and oxygen atoms in total. The van der Waals surface area contributed by atoms with E-state index in [4.69, 9.17) is 14.8 Å². The molecule has 43 heavy (non-hydrogen) atoms. The summed E-state index contributed by atoms with van der Waals surface area (Å²) in [6.45, 7) is 10.2. The normalized spacial score (nSPS) is 17.6. The summed E-state index contributed by atoms with van der Waals surface area (Å²) in [5.74, 6) is 1.05. The fourth-order valence-corrected chi connectivity index (χ4v) is 5.48. The van der Waals surface area contributed by atoms with E-state index in [-0.39, 0.29) is 23.3 Å². The van der Waals surface area contributed by atoms with E-state index in [9.17, 15) is 9.59 Å². The topological polar surface area (TPSA) is 117 Å². The monoisotopic (exact) mass is 582 g/mol. The second kappa shape index (κ2) is 12.0. The number of ether oxygens (including phenoxy) is 1. The molecule has 0 aliphatic carbocycles. The van der Waals surface area contributed by atoms with Crippen LogP contribution in [0.25, 0.3) is 5.65 Å². The molecule has 0 bridgehead atoms. The van der Waals surface area contributed by atoms with Gasteiger partial charge in [0, 0.05) is 61.4 Å². The molecule has 2 aliphatic rings. The van der Waals surface area contributed by atoms with Gasteiger partial charge in [-0.15, -0.1) is 5.10 Å². The highest BCUT2D eigenvalue weighted by atomic mass is 16.5. The Morgan fingerprint density at radius 3 is 2.40 bits per heavy atom. The molecule has 6 rings (SSSR count). The van der Waals surface area contributed by atoms with Crippen LogP contribution in [0.2, 0.25) is 0 Å². The molecule has 2 aromatic carbocycles. The molecule has 1 unspecified atom stereocenters. The Morgan fingerprint density at radius 1 is 0.953 bits per heavy atom. The highest BCUT2D eigenvalue weighted by Crippen LogP contribution is 2.25. The van der Waals surface area contributed by atoms with Crippen molar-refractivity contribution in [3.8, 4) is 0 Å². The van der Waals surface area contributed by atoms with Gasteiger partial charge in [0.2, 0.25) is 5.95 Å². The SMILES string of the molecule is CC(C)(C)c1ccc(C(=O)NC2CCCN(c3nc(Nc4ccc(C(=O)N5CCOCC5)cc4)c4nccn4n3)C2)cc1. The second-order valence-corrected chi connectivity index (χ2v) is 12.1. The molecule has 0 radical (unpaired) electrons. The molecular weight excluding hydrogens is 544 g/mol. The maximum absolute atomic E-state index is 13.1. The van der Waals surface area contributed by atoms with E-state index in [1.54, 1.807) is 16.9 Å². The number of aromatic nitrogens is 4. The molecule has 0 saturated carbocycles. The van der Waals surface area contributed by atoms with Crippen molar-refractivity contribution in [2.45, 2.75) is 45.1 Å². The quantitative estimate of drug-likeness (QED) is 0.350. The van der Waals surface area contributed by atoms with Crippen LogP contribution in [0, 0.1) is 0 Å². The zero-order chi connectivity index (χ0) is 30.0. The minimum atomic E-state index is -0.0730. The Hall–Kier alpha value is -4.51. The van der Waals surface area contributed by atoms with Crippen LogP contribution in [0.1, 0.15) is 59.9 Å². The van der Waals surface area contributed by atoms with Gasteiger partial charge >= 0.3 is 0 Å². The fraction of sp³-hybridized carbons (Fsp3) is 0.406. The first-order chi connectivity index (χ1) is 20.7. The summed E-state index contributed by atoms with van der Waals surface area (Å²) in [7, 11) is 0. The van der Waals surface area contributed by atoms with Gasteiger partial charge in [0.05, 0.1) is 13.2 Å². The van der Waals surface area contributed by atoms with Gasteiger partial charge in [0.1, 0.15) is 0 Å². The van der Waals surface area contributed by atoms with E-state index in [0.29, 0.717) is 61.4 Å². The van der Waals surface area contributed by atoms with E-state index >= 15 is 0 Å². The third kappa shape index (κ3) is 6.46.